The third-order valence-corrected chi connectivity index (χ3v) is 7.24. The molecule has 0 aromatic carbocycles. The van der Waals surface area contributed by atoms with E-state index in [4.69, 9.17) is 10.7 Å². The van der Waals surface area contributed by atoms with Gasteiger partial charge in [0.1, 0.15) is 16.5 Å². The maximum atomic E-state index is 6.36. The maximum Gasteiger partial charge on any atom is 0.256 e. The van der Waals surface area contributed by atoms with Crippen molar-refractivity contribution in [1.29, 1.82) is 0 Å². The molecule has 0 amide bonds. The first-order valence-electron chi connectivity index (χ1n) is 9.49. The number of thioether (sulfide) groups is 1. The fourth-order valence-corrected chi connectivity index (χ4v) is 6.02. The van der Waals surface area contributed by atoms with E-state index in [2.05, 4.69) is 20.2 Å². The summed E-state index contributed by atoms with van der Waals surface area (Å²) in [5.41, 5.74) is 9.74. The van der Waals surface area contributed by atoms with Gasteiger partial charge < -0.3 is 5.73 Å². The number of fused-ring (bicyclic) bond motifs is 4. The lowest BCUT2D eigenvalue weighted by Crippen LogP contribution is -2.01. The highest BCUT2D eigenvalue weighted by Crippen LogP contribution is 2.37. The first-order valence-corrected chi connectivity index (χ1v) is 11.3. The lowest BCUT2D eigenvalue weighted by Gasteiger charge is -2.05. The topological polar surface area (TPSA) is 94.9 Å². The van der Waals surface area contributed by atoms with E-state index in [9.17, 15) is 0 Å². The number of thiophene rings is 1. The number of nitrogens with two attached hydrogens (primary N) is 1. The van der Waals surface area contributed by atoms with Gasteiger partial charge in [-0.2, -0.15) is 0 Å². The van der Waals surface area contributed by atoms with E-state index in [0.29, 0.717) is 17.3 Å². The summed E-state index contributed by atoms with van der Waals surface area (Å²) < 4.78 is 1.97. The van der Waals surface area contributed by atoms with Gasteiger partial charge in [0.25, 0.3) is 5.78 Å². The molecule has 4 aromatic heterocycles. The molecule has 0 saturated carbocycles. The van der Waals surface area contributed by atoms with Crippen molar-refractivity contribution in [3.8, 4) is 0 Å². The number of nitrogens with zero attached hydrogens (tertiary/aromatic N) is 6. The Bertz CT molecular complexity index is 1190. The van der Waals surface area contributed by atoms with Gasteiger partial charge in [-0.15, -0.1) is 21.5 Å². The number of hydrogen-bond acceptors (Lipinski definition) is 8. The average molecular weight is 412 g/mol. The van der Waals surface area contributed by atoms with Crippen molar-refractivity contribution < 1.29 is 0 Å². The van der Waals surface area contributed by atoms with Gasteiger partial charge in [-0.3, -0.25) is 4.40 Å². The fraction of sp³-hybridized carbons (Fsp3) is 0.421. The standard InChI is InChI=1S/C19H21N7S2/c1-10-8-11(2)26-18(21-10)24-25-19(26)27-9-14-22-16(20)15-12-6-4-3-5-7-13(12)28-17(15)23-14/h8H,3-7,9H2,1-2H3,(H2,20,22,23). The fourth-order valence-electron chi connectivity index (χ4n) is 3.90. The highest BCUT2D eigenvalue weighted by Gasteiger charge is 2.19. The molecule has 4 aromatic rings. The van der Waals surface area contributed by atoms with E-state index in [1.165, 1.54) is 29.7 Å². The predicted octanol–water partition coefficient (Wildman–Crippen LogP) is 3.89. The Balaban J connectivity index is 1.46. The number of anilines is 1. The van der Waals surface area contributed by atoms with Crippen LogP contribution in [0.15, 0.2) is 11.2 Å². The first kappa shape index (κ1) is 17.8. The Morgan fingerprint density at radius 2 is 1.96 bits per heavy atom. The summed E-state index contributed by atoms with van der Waals surface area (Å²) in [4.78, 5) is 16.3. The van der Waals surface area contributed by atoms with Crippen LogP contribution in [0.3, 0.4) is 0 Å². The molecule has 9 heteroatoms. The van der Waals surface area contributed by atoms with Crippen LogP contribution in [0.5, 0.6) is 0 Å². The lowest BCUT2D eigenvalue weighted by atomic mass is 10.1. The van der Waals surface area contributed by atoms with Crippen molar-refractivity contribution in [2.75, 3.05) is 5.73 Å². The smallest absolute Gasteiger partial charge is 0.256 e. The Hall–Kier alpha value is -2.26. The molecular weight excluding hydrogens is 390 g/mol. The van der Waals surface area contributed by atoms with Gasteiger partial charge in [0.15, 0.2) is 5.16 Å². The van der Waals surface area contributed by atoms with Crippen LogP contribution in [-0.4, -0.2) is 29.5 Å². The van der Waals surface area contributed by atoms with Gasteiger partial charge in [-0.1, -0.05) is 18.2 Å². The van der Waals surface area contributed by atoms with E-state index in [0.717, 1.165) is 45.4 Å². The van der Waals surface area contributed by atoms with E-state index in [1.54, 1.807) is 23.1 Å². The van der Waals surface area contributed by atoms with Gasteiger partial charge in [-0.05, 0) is 51.2 Å². The number of rotatable bonds is 3. The van der Waals surface area contributed by atoms with Crippen LogP contribution in [0.4, 0.5) is 5.82 Å². The van der Waals surface area contributed by atoms with Crippen molar-refractivity contribution in [1.82, 2.24) is 29.5 Å². The van der Waals surface area contributed by atoms with Gasteiger partial charge >= 0.3 is 0 Å². The monoisotopic (exact) mass is 411 g/mol. The van der Waals surface area contributed by atoms with Crippen molar-refractivity contribution in [2.45, 2.75) is 56.9 Å². The summed E-state index contributed by atoms with van der Waals surface area (Å²) in [5, 5.41) is 10.4. The summed E-state index contributed by atoms with van der Waals surface area (Å²) in [7, 11) is 0. The number of nitrogen functional groups attached to an aromatic ring is 1. The molecule has 0 saturated heterocycles. The number of hydrogen-bond donors (Lipinski definition) is 1. The Kier molecular flexibility index (Phi) is 4.43. The van der Waals surface area contributed by atoms with E-state index < -0.39 is 0 Å². The van der Waals surface area contributed by atoms with Crippen LogP contribution in [0, 0.1) is 13.8 Å². The van der Waals surface area contributed by atoms with Crippen LogP contribution in [0.2, 0.25) is 0 Å². The molecular formula is C19H21N7S2. The van der Waals surface area contributed by atoms with Gasteiger partial charge in [0.05, 0.1) is 11.1 Å². The van der Waals surface area contributed by atoms with Gasteiger partial charge in [0, 0.05) is 16.3 Å². The lowest BCUT2D eigenvalue weighted by molar-refractivity contribution is 0.713. The van der Waals surface area contributed by atoms with Crippen LogP contribution >= 0.6 is 23.1 Å². The first-order chi connectivity index (χ1) is 13.6. The van der Waals surface area contributed by atoms with Crippen LogP contribution in [0.1, 0.15) is 46.9 Å². The number of aryl methyl sites for hydroxylation is 4. The largest absolute Gasteiger partial charge is 0.383 e. The zero-order valence-electron chi connectivity index (χ0n) is 15.9. The second-order valence-corrected chi connectivity index (χ2v) is 9.24. The molecule has 0 aliphatic heterocycles. The SMILES string of the molecule is Cc1cc(C)n2c(SCc3nc(N)c4c5c(sc4n3)CCCCC5)nnc2n1. The van der Waals surface area contributed by atoms with Crippen molar-refractivity contribution in [3.05, 3.63) is 33.7 Å². The zero-order chi connectivity index (χ0) is 19.3. The predicted molar refractivity (Wildman–Crippen MR) is 113 cm³/mol. The van der Waals surface area contributed by atoms with Crippen LogP contribution in [0.25, 0.3) is 16.0 Å². The molecule has 1 aliphatic rings. The Labute approximate surface area is 170 Å². The minimum absolute atomic E-state index is 0.594. The molecule has 144 valence electrons. The molecule has 0 unspecified atom stereocenters. The molecule has 2 N–H and O–H groups in total. The second kappa shape index (κ2) is 6.97. The molecule has 7 nitrogen and oxygen atoms in total. The van der Waals surface area contributed by atoms with Crippen LogP contribution < -0.4 is 5.73 Å². The molecule has 0 atom stereocenters. The quantitative estimate of drug-likeness (QED) is 0.404. The third-order valence-electron chi connectivity index (χ3n) is 5.13. The summed E-state index contributed by atoms with van der Waals surface area (Å²) in [6, 6.07) is 2.03. The molecule has 0 bridgehead atoms. The molecule has 4 heterocycles. The van der Waals surface area contributed by atoms with Crippen molar-refractivity contribution in [2.24, 2.45) is 0 Å². The normalized spacial score (nSPS) is 14.5. The highest BCUT2D eigenvalue weighted by molar-refractivity contribution is 7.98. The van der Waals surface area contributed by atoms with E-state index in [1.807, 2.05) is 24.3 Å². The minimum atomic E-state index is 0.594. The van der Waals surface area contributed by atoms with E-state index >= 15 is 0 Å². The summed E-state index contributed by atoms with van der Waals surface area (Å²) in [5.74, 6) is 2.56. The summed E-state index contributed by atoms with van der Waals surface area (Å²) in [6.45, 7) is 4.00. The number of aromatic nitrogens is 6. The molecule has 28 heavy (non-hydrogen) atoms. The Morgan fingerprint density at radius 1 is 1.11 bits per heavy atom. The molecule has 5 rings (SSSR count). The van der Waals surface area contributed by atoms with Crippen molar-refractivity contribution in [3.63, 3.8) is 0 Å². The van der Waals surface area contributed by atoms with Gasteiger partial charge in [0.2, 0.25) is 0 Å². The Morgan fingerprint density at radius 3 is 2.86 bits per heavy atom. The average Bonchev–Trinajstić information content (AvgIpc) is 3.14. The molecule has 0 radical (unpaired) electrons. The summed E-state index contributed by atoms with van der Waals surface area (Å²) in [6.07, 6.45) is 6.00. The molecule has 0 fully saturated rings. The summed E-state index contributed by atoms with van der Waals surface area (Å²) >= 11 is 3.35. The van der Waals surface area contributed by atoms with Crippen LogP contribution in [-0.2, 0) is 18.6 Å². The zero-order valence-corrected chi connectivity index (χ0v) is 17.5. The highest BCUT2D eigenvalue weighted by atomic mass is 32.2. The maximum absolute atomic E-state index is 6.36. The van der Waals surface area contributed by atoms with Crippen molar-refractivity contribution >= 4 is 44.9 Å². The third kappa shape index (κ3) is 3.02. The van der Waals surface area contributed by atoms with Gasteiger partial charge in [-0.25, -0.2) is 15.0 Å². The molecule has 1 aliphatic carbocycles. The molecule has 0 spiro atoms. The van der Waals surface area contributed by atoms with E-state index in [-0.39, 0.29) is 0 Å². The second-order valence-electron chi connectivity index (χ2n) is 7.22. The minimum Gasteiger partial charge on any atom is -0.383 e.